The van der Waals surface area contributed by atoms with Gasteiger partial charge in [-0.05, 0) is 38.0 Å². The van der Waals surface area contributed by atoms with Gasteiger partial charge in [0.25, 0.3) is 0 Å². The van der Waals surface area contributed by atoms with Crippen LogP contribution in [0.2, 0.25) is 0 Å². The number of hydrogen-bond acceptors (Lipinski definition) is 2. The van der Waals surface area contributed by atoms with Crippen molar-refractivity contribution in [3.05, 3.63) is 35.4 Å². The van der Waals surface area contributed by atoms with Crippen LogP contribution < -0.4 is 5.32 Å². The van der Waals surface area contributed by atoms with Crippen molar-refractivity contribution >= 4 is 6.03 Å². The highest BCUT2D eigenvalue weighted by atomic mass is 19.4. The van der Waals surface area contributed by atoms with Crippen LogP contribution in [0.25, 0.3) is 0 Å². The third-order valence-electron chi connectivity index (χ3n) is 3.68. The van der Waals surface area contributed by atoms with E-state index in [2.05, 4.69) is 5.32 Å². The van der Waals surface area contributed by atoms with Gasteiger partial charge >= 0.3 is 12.2 Å². The zero-order valence-electron chi connectivity index (χ0n) is 13.2. The highest BCUT2D eigenvalue weighted by Crippen LogP contribution is 2.29. The standard InChI is InChI=1S/C16H21F3N2O2/c1-11-9-21(10-12(2)23-11)15(22)20-8-7-13-3-5-14(6-4-13)16(17,18)19/h3-6,11-12H,7-10H2,1-2H3,(H,20,22)/t11-,12+. The van der Waals surface area contributed by atoms with Crippen LogP contribution >= 0.6 is 0 Å². The minimum Gasteiger partial charge on any atom is -0.372 e. The average molecular weight is 330 g/mol. The molecule has 0 spiro atoms. The van der Waals surface area contributed by atoms with Crippen LogP contribution in [0, 0.1) is 0 Å². The van der Waals surface area contributed by atoms with Crippen LogP contribution in [0.15, 0.2) is 24.3 Å². The summed E-state index contributed by atoms with van der Waals surface area (Å²) in [5.41, 5.74) is 0.0867. The van der Waals surface area contributed by atoms with E-state index in [1.165, 1.54) is 12.1 Å². The Morgan fingerprint density at radius 1 is 1.22 bits per heavy atom. The molecule has 1 aromatic carbocycles. The number of nitrogens with one attached hydrogen (secondary N) is 1. The van der Waals surface area contributed by atoms with E-state index in [9.17, 15) is 18.0 Å². The van der Waals surface area contributed by atoms with Gasteiger partial charge in [-0.15, -0.1) is 0 Å². The van der Waals surface area contributed by atoms with Crippen LogP contribution in [0.3, 0.4) is 0 Å². The molecule has 1 aliphatic rings. The van der Waals surface area contributed by atoms with Crippen LogP contribution in [-0.2, 0) is 17.3 Å². The van der Waals surface area contributed by atoms with Gasteiger partial charge in [0.2, 0.25) is 0 Å². The third-order valence-corrected chi connectivity index (χ3v) is 3.68. The van der Waals surface area contributed by atoms with Gasteiger partial charge in [0.15, 0.2) is 0 Å². The Kier molecular flexibility index (Phi) is 5.51. The van der Waals surface area contributed by atoms with E-state index in [-0.39, 0.29) is 18.2 Å². The van der Waals surface area contributed by atoms with Crippen molar-refractivity contribution in [1.29, 1.82) is 0 Å². The molecule has 0 saturated carbocycles. The molecule has 4 nitrogen and oxygen atoms in total. The van der Waals surface area contributed by atoms with Crippen molar-refractivity contribution in [2.24, 2.45) is 0 Å². The van der Waals surface area contributed by atoms with Crippen molar-refractivity contribution in [1.82, 2.24) is 10.2 Å². The number of carbonyl (C=O) groups is 1. The Morgan fingerprint density at radius 3 is 2.30 bits per heavy atom. The molecule has 0 radical (unpaired) electrons. The average Bonchev–Trinajstić information content (AvgIpc) is 2.45. The molecule has 0 aliphatic carbocycles. The van der Waals surface area contributed by atoms with Crippen molar-refractivity contribution in [3.63, 3.8) is 0 Å². The number of halogens is 3. The van der Waals surface area contributed by atoms with E-state index in [0.29, 0.717) is 26.1 Å². The molecule has 1 saturated heterocycles. The quantitative estimate of drug-likeness (QED) is 0.925. The molecule has 2 amide bonds. The molecule has 0 unspecified atom stereocenters. The summed E-state index contributed by atoms with van der Waals surface area (Å²) in [6.07, 6.45) is -3.84. The second-order valence-corrected chi connectivity index (χ2v) is 5.84. The molecule has 1 N–H and O–H groups in total. The Bertz CT molecular complexity index is 521. The molecule has 1 fully saturated rings. The van der Waals surface area contributed by atoms with Gasteiger partial charge in [-0.1, -0.05) is 12.1 Å². The number of rotatable bonds is 3. The summed E-state index contributed by atoms with van der Waals surface area (Å²) in [5.74, 6) is 0. The molecular weight excluding hydrogens is 309 g/mol. The number of urea groups is 1. The number of benzene rings is 1. The van der Waals surface area contributed by atoms with E-state index >= 15 is 0 Å². The monoisotopic (exact) mass is 330 g/mol. The van der Waals surface area contributed by atoms with Crippen molar-refractivity contribution in [2.45, 2.75) is 38.7 Å². The Balaban J connectivity index is 1.79. The van der Waals surface area contributed by atoms with Gasteiger partial charge in [-0.2, -0.15) is 13.2 Å². The number of carbonyl (C=O) groups excluding carboxylic acids is 1. The largest absolute Gasteiger partial charge is 0.416 e. The number of amides is 2. The predicted octanol–water partition coefficient (Wildman–Crippen LogP) is 3.07. The van der Waals surface area contributed by atoms with Crippen LogP contribution in [0.5, 0.6) is 0 Å². The van der Waals surface area contributed by atoms with E-state index in [1.807, 2.05) is 13.8 Å². The van der Waals surface area contributed by atoms with Gasteiger partial charge in [-0.25, -0.2) is 4.79 Å². The second kappa shape index (κ2) is 7.21. The lowest BCUT2D eigenvalue weighted by Crippen LogP contribution is -2.51. The first-order chi connectivity index (χ1) is 10.8. The fourth-order valence-corrected chi connectivity index (χ4v) is 2.63. The third kappa shape index (κ3) is 5.13. The number of hydrogen-bond donors (Lipinski definition) is 1. The molecular formula is C16H21F3N2O2. The molecule has 23 heavy (non-hydrogen) atoms. The van der Waals surface area contributed by atoms with E-state index in [0.717, 1.165) is 17.7 Å². The van der Waals surface area contributed by atoms with Crippen LogP contribution in [-0.4, -0.2) is 42.8 Å². The summed E-state index contributed by atoms with van der Waals surface area (Å²) in [5, 5.41) is 2.80. The molecule has 1 aromatic rings. The van der Waals surface area contributed by atoms with E-state index in [1.54, 1.807) is 4.90 Å². The highest BCUT2D eigenvalue weighted by Gasteiger charge is 2.30. The second-order valence-electron chi connectivity index (χ2n) is 5.84. The summed E-state index contributed by atoms with van der Waals surface area (Å²) >= 11 is 0. The number of ether oxygens (including phenoxy) is 1. The molecule has 128 valence electrons. The van der Waals surface area contributed by atoms with Gasteiger partial charge in [0, 0.05) is 19.6 Å². The van der Waals surface area contributed by atoms with E-state index in [4.69, 9.17) is 4.74 Å². The zero-order valence-corrected chi connectivity index (χ0v) is 13.2. The van der Waals surface area contributed by atoms with Crippen molar-refractivity contribution < 1.29 is 22.7 Å². The van der Waals surface area contributed by atoms with Crippen LogP contribution in [0.1, 0.15) is 25.0 Å². The topological polar surface area (TPSA) is 41.6 Å². The first kappa shape index (κ1) is 17.6. The minimum absolute atomic E-state index is 0.000544. The van der Waals surface area contributed by atoms with Crippen LogP contribution in [0.4, 0.5) is 18.0 Å². The van der Waals surface area contributed by atoms with Gasteiger partial charge < -0.3 is 15.0 Å². The molecule has 1 heterocycles. The molecule has 2 atom stereocenters. The summed E-state index contributed by atoms with van der Waals surface area (Å²) in [7, 11) is 0. The summed E-state index contributed by atoms with van der Waals surface area (Å²) < 4.78 is 43.0. The van der Waals surface area contributed by atoms with Gasteiger partial charge in [-0.3, -0.25) is 0 Å². The smallest absolute Gasteiger partial charge is 0.372 e. The SMILES string of the molecule is C[C@@H]1CN(C(=O)NCCc2ccc(C(F)(F)F)cc2)C[C@H](C)O1. The van der Waals surface area contributed by atoms with Gasteiger partial charge in [0.05, 0.1) is 17.8 Å². The van der Waals surface area contributed by atoms with Crippen molar-refractivity contribution in [3.8, 4) is 0 Å². The Labute approximate surface area is 133 Å². The number of nitrogens with zero attached hydrogens (tertiary/aromatic N) is 1. The number of alkyl halides is 3. The molecule has 0 bridgehead atoms. The lowest BCUT2D eigenvalue weighted by molar-refractivity contribution is -0.137. The molecule has 2 rings (SSSR count). The van der Waals surface area contributed by atoms with Gasteiger partial charge in [0.1, 0.15) is 0 Å². The highest BCUT2D eigenvalue weighted by molar-refractivity contribution is 5.74. The first-order valence-electron chi connectivity index (χ1n) is 7.60. The molecule has 0 aromatic heterocycles. The normalized spacial score (nSPS) is 22.0. The Morgan fingerprint density at radius 2 is 1.78 bits per heavy atom. The summed E-state index contributed by atoms with van der Waals surface area (Å²) in [6, 6.07) is 4.83. The summed E-state index contributed by atoms with van der Waals surface area (Å²) in [4.78, 5) is 13.8. The predicted molar refractivity (Wildman–Crippen MR) is 80.1 cm³/mol. The zero-order chi connectivity index (χ0) is 17.0. The summed E-state index contributed by atoms with van der Waals surface area (Å²) in [6.45, 7) is 5.29. The molecule has 7 heteroatoms. The lowest BCUT2D eigenvalue weighted by Gasteiger charge is -2.35. The maximum Gasteiger partial charge on any atom is 0.416 e. The maximum absolute atomic E-state index is 12.5. The van der Waals surface area contributed by atoms with E-state index < -0.39 is 11.7 Å². The maximum atomic E-state index is 12.5. The fraction of sp³-hybridized carbons (Fsp3) is 0.562. The minimum atomic E-state index is -4.32. The first-order valence-corrected chi connectivity index (χ1v) is 7.60. The molecule has 1 aliphatic heterocycles. The van der Waals surface area contributed by atoms with Crippen molar-refractivity contribution in [2.75, 3.05) is 19.6 Å². The number of morpholine rings is 1. The Hall–Kier alpha value is -1.76. The lowest BCUT2D eigenvalue weighted by atomic mass is 10.1. The fourth-order valence-electron chi connectivity index (χ4n) is 2.63.